The van der Waals surface area contributed by atoms with Gasteiger partial charge in [-0.05, 0) is 50.6 Å². The molecule has 4 aliphatic heterocycles. The second-order valence-corrected chi connectivity index (χ2v) is 9.45. The summed E-state index contributed by atoms with van der Waals surface area (Å²) in [6.45, 7) is 6.74. The molecule has 0 aliphatic carbocycles. The lowest BCUT2D eigenvalue weighted by atomic mass is 10.1. The molecule has 0 spiro atoms. The Kier molecular flexibility index (Phi) is 5.67. The molecule has 2 saturated heterocycles. The summed E-state index contributed by atoms with van der Waals surface area (Å²) in [6, 6.07) is 5.14. The summed E-state index contributed by atoms with van der Waals surface area (Å²) in [5.74, 6) is 1.08. The first-order valence-corrected chi connectivity index (χ1v) is 11.9. The Morgan fingerprint density at radius 2 is 1.88 bits per heavy atom. The summed E-state index contributed by atoms with van der Waals surface area (Å²) < 4.78 is 2.05. The maximum atomic E-state index is 13.5. The van der Waals surface area contributed by atoms with Crippen LogP contribution in [0.5, 0.6) is 0 Å². The molecule has 1 unspecified atom stereocenters. The van der Waals surface area contributed by atoms with Gasteiger partial charge in [-0.1, -0.05) is 29.1 Å². The molecule has 1 aromatic rings. The van der Waals surface area contributed by atoms with Gasteiger partial charge in [0.05, 0.1) is 13.1 Å². The van der Waals surface area contributed by atoms with Gasteiger partial charge in [-0.15, -0.1) is 0 Å². The Morgan fingerprint density at radius 3 is 2.62 bits per heavy atom. The predicted molar refractivity (Wildman–Crippen MR) is 125 cm³/mol. The minimum absolute atomic E-state index is 0.164. The molecule has 3 amide bonds. The van der Waals surface area contributed by atoms with Crippen LogP contribution in [0.1, 0.15) is 31.2 Å². The van der Waals surface area contributed by atoms with Gasteiger partial charge in [0.25, 0.3) is 5.91 Å². The molecule has 2 fully saturated rings. The topological polar surface area (TPSA) is 62.5 Å². The third kappa shape index (κ3) is 3.59. The van der Waals surface area contributed by atoms with Crippen molar-refractivity contribution < 1.29 is 14.2 Å². The molecule has 4 heterocycles. The van der Waals surface area contributed by atoms with Gasteiger partial charge >= 0.3 is 12.0 Å². The molecule has 0 radical (unpaired) electrons. The molecule has 5 rings (SSSR count). The maximum Gasteiger partial charge on any atom is 0.397 e. The normalized spacial score (nSPS) is 24.2. The zero-order chi connectivity index (χ0) is 22.4. The van der Waals surface area contributed by atoms with E-state index >= 15 is 0 Å². The Bertz CT molecular complexity index is 1020. The van der Waals surface area contributed by atoms with Crippen LogP contribution in [0.25, 0.3) is 0 Å². The van der Waals surface area contributed by atoms with Crippen LogP contribution in [0.2, 0.25) is 5.02 Å². The van der Waals surface area contributed by atoms with E-state index in [-0.39, 0.29) is 11.9 Å². The number of anilines is 1. The lowest BCUT2D eigenvalue weighted by Gasteiger charge is -2.36. The number of likely N-dealkylation sites (N-methyl/N-ethyl adjacent to an activating group) is 1. The van der Waals surface area contributed by atoms with Crippen LogP contribution < -0.4 is 4.90 Å². The lowest BCUT2D eigenvalue weighted by Crippen LogP contribution is -2.64. The largest absolute Gasteiger partial charge is 0.397 e. The number of guanidine groups is 1. The molecular formula is C23H30ClN6O2+. The molecule has 4 aliphatic rings. The molecule has 9 heteroatoms. The van der Waals surface area contributed by atoms with E-state index in [4.69, 9.17) is 16.6 Å². The van der Waals surface area contributed by atoms with E-state index in [1.54, 1.807) is 11.9 Å². The van der Waals surface area contributed by atoms with Crippen molar-refractivity contribution in [2.45, 2.75) is 38.6 Å². The molecule has 32 heavy (non-hydrogen) atoms. The van der Waals surface area contributed by atoms with Crippen molar-refractivity contribution in [3.63, 3.8) is 0 Å². The number of halogens is 1. The highest BCUT2D eigenvalue weighted by molar-refractivity contribution is 6.31. The highest BCUT2D eigenvalue weighted by Gasteiger charge is 2.54. The SMILES string of the molecule is Cc1ccc(N2CCC[N+]3=C2N=C2C3C(=O)N(CCN3CCCCC3)C(=O)N2C)cc1Cl. The van der Waals surface area contributed by atoms with Crippen LogP contribution in [0.3, 0.4) is 0 Å². The zero-order valence-corrected chi connectivity index (χ0v) is 19.5. The van der Waals surface area contributed by atoms with E-state index < -0.39 is 6.04 Å². The first kappa shape index (κ1) is 21.4. The number of hydrogen-bond donors (Lipinski definition) is 0. The van der Waals surface area contributed by atoms with E-state index in [2.05, 4.69) is 9.80 Å². The highest BCUT2D eigenvalue weighted by atomic mass is 35.5. The number of nitrogens with zero attached hydrogens (tertiary/aromatic N) is 6. The monoisotopic (exact) mass is 457 g/mol. The molecule has 170 valence electrons. The molecule has 0 bridgehead atoms. The van der Waals surface area contributed by atoms with Crippen molar-refractivity contribution in [3.8, 4) is 0 Å². The fraction of sp³-hybridized carbons (Fsp3) is 0.565. The third-order valence-corrected chi connectivity index (χ3v) is 7.37. The Hall–Kier alpha value is -2.45. The zero-order valence-electron chi connectivity index (χ0n) is 18.8. The number of urea groups is 1. The number of carbonyl (C=O) groups excluding carboxylic acids is 2. The van der Waals surface area contributed by atoms with Gasteiger partial charge in [0, 0.05) is 31.6 Å². The maximum absolute atomic E-state index is 13.5. The number of carbonyl (C=O) groups is 2. The number of fused-ring (bicyclic) bond motifs is 2. The van der Waals surface area contributed by atoms with Crippen molar-refractivity contribution in [2.24, 2.45) is 4.99 Å². The number of amides is 3. The standard InChI is InChI=1S/C23H30ClN6O2/c1-16-7-8-17(15-18(16)24)28-11-6-12-29-19-20(25-22(28)29)26(2)23(32)30(21(19)31)14-13-27-9-4-3-5-10-27/h7-8,15,19H,3-6,9-14H2,1-2H3/q+1. The molecule has 0 N–H and O–H groups in total. The number of hydrogen-bond acceptors (Lipinski definition) is 5. The van der Waals surface area contributed by atoms with E-state index in [9.17, 15) is 9.59 Å². The van der Waals surface area contributed by atoms with Gasteiger partial charge in [-0.3, -0.25) is 14.6 Å². The van der Waals surface area contributed by atoms with Gasteiger partial charge in [-0.25, -0.2) is 14.3 Å². The number of piperidine rings is 1. The first-order chi connectivity index (χ1) is 15.5. The summed E-state index contributed by atoms with van der Waals surface area (Å²) >= 11 is 6.38. The minimum atomic E-state index is -0.544. The molecule has 1 aromatic carbocycles. The summed E-state index contributed by atoms with van der Waals surface area (Å²) in [7, 11) is 1.72. The van der Waals surface area contributed by atoms with Crippen LogP contribution >= 0.6 is 11.6 Å². The van der Waals surface area contributed by atoms with Crippen LogP contribution in [0, 0.1) is 6.92 Å². The molecule has 8 nitrogen and oxygen atoms in total. The summed E-state index contributed by atoms with van der Waals surface area (Å²) in [5, 5.41) is 0.704. The van der Waals surface area contributed by atoms with Gasteiger partial charge < -0.3 is 4.90 Å². The predicted octanol–water partition coefficient (Wildman–Crippen LogP) is 2.39. The molecule has 0 saturated carbocycles. The van der Waals surface area contributed by atoms with Crippen molar-refractivity contribution >= 4 is 41.0 Å². The first-order valence-electron chi connectivity index (χ1n) is 11.5. The molecule has 0 aromatic heterocycles. The Balaban J connectivity index is 1.42. The fourth-order valence-corrected chi connectivity index (χ4v) is 5.25. The number of imide groups is 1. The summed E-state index contributed by atoms with van der Waals surface area (Å²) in [4.78, 5) is 38.8. The van der Waals surface area contributed by atoms with Crippen molar-refractivity contribution in [1.29, 1.82) is 0 Å². The fourth-order valence-electron chi connectivity index (χ4n) is 5.07. The van der Waals surface area contributed by atoms with Gasteiger partial charge in [0.2, 0.25) is 11.9 Å². The number of benzene rings is 1. The second-order valence-electron chi connectivity index (χ2n) is 9.04. The number of rotatable bonds is 4. The number of likely N-dealkylation sites (tertiary alicyclic amines) is 1. The number of aliphatic imine (C=N–C) groups is 1. The smallest absolute Gasteiger partial charge is 0.302 e. The number of aryl methyl sites for hydroxylation is 1. The van der Waals surface area contributed by atoms with Crippen molar-refractivity contribution in [1.82, 2.24) is 14.7 Å². The average molecular weight is 458 g/mol. The van der Waals surface area contributed by atoms with E-state index in [1.165, 1.54) is 24.2 Å². The van der Waals surface area contributed by atoms with Gasteiger partial charge in [-0.2, -0.15) is 0 Å². The second kappa shape index (κ2) is 8.48. The average Bonchev–Trinajstić information content (AvgIpc) is 3.20. The summed E-state index contributed by atoms with van der Waals surface area (Å²) in [6.07, 6.45) is 4.53. The van der Waals surface area contributed by atoms with Gasteiger partial charge in [0.15, 0.2) is 0 Å². The molecule has 1 atom stereocenters. The van der Waals surface area contributed by atoms with Crippen LogP contribution in [0.4, 0.5) is 10.5 Å². The molecular weight excluding hydrogens is 428 g/mol. The van der Waals surface area contributed by atoms with Crippen molar-refractivity contribution in [2.75, 3.05) is 51.2 Å². The van der Waals surface area contributed by atoms with E-state index in [0.717, 1.165) is 56.4 Å². The van der Waals surface area contributed by atoms with Crippen LogP contribution in [-0.4, -0.2) is 95.4 Å². The van der Waals surface area contributed by atoms with Crippen LogP contribution in [0.15, 0.2) is 23.2 Å². The Morgan fingerprint density at radius 1 is 1.09 bits per heavy atom. The lowest BCUT2D eigenvalue weighted by molar-refractivity contribution is -0.539. The van der Waals surface area contributed by atoms with E-state index in [0.29, 0.717) is 17.4 Å². The van der Waals surface area contributed by atoms with Crippen molar-refractivity contribution in [3.05, 3.63) is 28.8 Å². The van der Waals surface area contributed by atoms with Gasteiger partial charge in [0.1, 0.15) is 5.69 Å². The van der Waals surface area contributed by atoms with Crippen LogP contribution in [-0.2, 0) is 4.79 Å². The minimum Gasteiger partial charge on any atom is -0.302 e. The summed E-state index contributed by atoms with van der Waals surface area (Å²) in [5.41, 5.74) is 1.97. The third-order valence-electron chi connectivity index (χ3n) is 6.97. The Labute approximate surface area is 193 Å². The highest BCUT2D eigenvalue weighted by Crippen LogP contribution is 2.29. The quantitative estimate of drug-likeness (QED) is 0.651. The van der Waals surface area contributed by atoms with E-state index in [1.807, 2.05) is 29.7 Å². The number of amidine groups is 1.